The first-order chi connectivity index (χ1) is 9.49. The number of oxime groups is 1. The van der Waals surface area contributed by atoms with Crippen LogP contribution < -0.4 is 0 Å². The molecule has 20 heavy (non-hydrogen) atoms. The van der Waals surface area contributed by atoms with Crippen molar-refractivity contribution in [1.29, 1.82) is 5.26 Å². The Morgan fingerprint density at radius 1 is 1.30 bits per heavy atom. The number of nitrogens with zero attached hydrogens (tertiary/aromatic N) is 2. The molecule has 0 aliphatic carbocycles. The second-order valence-corrected chi connectivity index (χ2v) is 6.48. The Hall–Kier alpha value is -2.04. The number of thioether (sulfide) groups is 1. The lowest BCUT2D eigenvalue weighted by Crippen LogP contribution is -1.98. The largest absolute Gasteiger partial charge is 0.325 e. The summed E-state index contributed by atoms with van der Waals surface area (Å²) < 4.78 is 26.1. The van der Waals surface area contributed by atoms with Crippen molar-refractivity contribution in [2.75, 3.05) is 6.26 Å². The highest BCUT2D eigenvalue weighted by Crippen LogP contribution is 2.33. The average molecular weight is 306 g/mol. The molecule has 0 saturated carbocycles. The van der Waals surface area contributed by atoms with Gasteiger partial charge in [0.25, 0.3) is 0 Å². The van der Waals surface area contributed by atoms with Gasteiger partial charge in [-0.25, -0.2) is 0 Å². The minimum Gasteiger partial charge on any atom is -0.268 e. The lowest BCUT2D eigenvalue weighted by Gasteiger charge is -2.01. The summed E-state index contributed by atoms with van der Waals surface area (Å²) in [4.78, 5) is 0.703. The van der Waals surface area contributed by atoms with Crippen molar-refractivity contribution in [2.24, 2.45) is 5.16 Å². The first-order valence-corrected chi connectivity index (χ1v) is 8.15. The number of benzene rings is 1. The van der Waals surface area contributed by atoms with Crippen LogP contribution >= 0.6 is 11.8 Å². The topological polar surface area (TPSA) is 79.5 Å². The highest BCUT2D eigenvalue weighted by Gasteiger charge is 2.16. The zero-order valence-corrected chi connectivity index (χ0v) is 12.1. The van der Waals surface area contributed by atoms with Gasteiger partial charge in [0.1, 0.15) is 11.1 Å². The van der Waals surface area contributed by atoms with Crippen LogP contribution in [0.15, 0.2) is 52.5 Å². The SMILES string of the molecule is CS(=O)(=O)O/N=C1C=C/C(=C(\C#N)c2ccccc2)S\1. The van der Waals surface area contributed by atoms with Crippen LogP contribution in [0.2, 0.25) is 0 Å². The Balaban J connectivity index is 2.26. The van der Waals surface area contributed by atoms with Gasteiger partial charge in [-0.2, -0.15) is 13.7 Å². The van der Waals surface area contributed by atoms with Crippen molar-refractivity contribution in [2.45, 2.75) is 0 Å². The van der Waals surface area contributed by atoms with E-state index >= 15 is 0 Å². The fourth-order valence-electron chi connectivity index (χ4n) is 1.48. The maximum absolute atomic E-state index is 10.9. The number of nitriles is 1. The van der Waals surface area contributed by atoms with Gasteiger partial charge < -0.3 is 0 Å². The second kappa shape index (κ2) is 5.94. The molecule has 0 bridgehead atoms. The molecule has 0 saturated heterocycles. The van der Waals surface area contributed by atoms with Crippen LogP contribution in [0, 0.1) is 11.3 Å². The van der Waals surface area contributed by atoms with E-state index < -0.39 is 10.1 Å². The van der Waals surface area contributed by atoms with Crippen LogP contribution in [0.25, 0.3) is 5.57 Å². The van der Waals surface area contributed by atoms with Gasteiger partial charge in [0.05, 0.1) is 11.8 Å². The molecule has 1 aromatic rings. The van der Waals surface area contributed by atoms with Crippen molar-refractivity contribution in [3.63, 3.8) is 0 Å². The predicted molar refractivity (Wildman–Crippen MR) is 79.1 cm³/mol. The van der Waals surface area contributed by atoms with Crippen molar-refractivity contribution >= 4 is 32.5 Å². The third-order valence-corrected chi connectivity index (χ3v) is 3.60. The Bertz CT molecular complexity index is 742. The van der Waals surface area contributed by atoms with E-state index in [0.717, 1.165) is 11.8 Å². The Morgan fingerprint density at radius 3 is 2.60 bits per heavy atom. The molecule has 2 rings (SSSR count). The highest BCUT2D eigenvalue weighted by atomic mass is 32.2. The molecule has 0 amide bonds. The molecule has 102 valence electrons. The minimum absolute atomic E-state index is 0.383. The minimum atomic E-state index is -3.62. The summed E-state index contributed by atoms with van der Waals surface area (Å²) >= 11 is 1.19. The summed E-state index contributed by atoms with van der Waals surface area (Å²) in [6.07, 6.45) is 4.23. The van der Waals surface area contributed by atoms with Gasteiger partial charge >= 0.3 is 10.1 Å². The molecule has 1 heterocycles. The molecule has 7 heteroatoms. The van der Waals surface area contributed by atoms with E-state index in [0.29, 0.717) is 15.5 Å². The monoisotopic (exact) mass is 306 g/mol. The van der Waals surface area contributed by atoms with Crippen LogP contribution in [0.4, 0.5) is 0 Å². The summed E-state index contributed by atoms with van der Waals surface area (Å²) in [7, 11) is -3.62. The van der Waals surface area contributed by atoms with Gasteiger partial charge in [0.2, 0.25) is 0 Å². The first kappa shape index (κ1) is 14.4. The lowest BCUT2D eigenvalue weighted by atomic mass is 10.1. The molecule has 0 aromatic heterocycles. The van der Waals surface area contributed by atoms with Crippen molar-refractivity contribution in [3.8, 4) is 6.07 Å². The molecular weight excluding hydrogens is 296 g/mol. The zero-order chi connectivity index (χ0) is 14.6. The average Bonchev–Trinajstić information content (AvgIpc) is 2.87. The molecule has 5 nitrogen and oxygen atoms in total. The van der Waals surface area contributed by atoms with Gasteiger partial charge in [-0.05, 0) is 17.7 Å². The van der Waals surface area contributed by atoms with E-state index in [2.05, 4.69) is 15.5 Å². The Morgan fingerprint density at radius 2 is 2.00 bits per heavy atom. The van der Waals surface area contributed by atoms with Crippen molar-refractivity contribution in [1.82, 2.24) is 0 Å². The molecule has 0 N–H and O–H groups in total. The standard InChI is InChI=1S/C13H10N2O3S2/c1-20(16,17)18-15-13-8-7-12(19-13)11(9-14)10-5-3-2-4-6-10/h2-8H,1H3/b12-11-,15-13+. The molecule has 0 spiro atoms. The van der Waals surface area contributed by atoms with E-state index in [4.69, 9.17) is 0 Å². The van der Waals surface area contributed by atoms with Gasteiger partial charge in [0.15, 0.2) is 0 Å². The fraction of sp³-hybridized carbons (Fsp3) is 0.0769. The molecule has 1 aromatic carbocycles. The first-order valence-electron chi connectivity index (χ1n) is 5.52. The molecule has 0 fully saturated rings. The predicted octanol–water partition coefficient (Wildman–Crippen LogP) is 2.51. The summed E-state index contributed by atoms with van der Waals surface area (Å²) in [5.41, 5.74) is 1.31. The smallest absolute Gasteiger partial charge is 0.268 e. The molecule has 0 unspecified atom stereocenters. The van der Waals surface area contributed by atoms with Gasteiger partial charge in [-0.1, -0.05) is 47.2 Å². The normalized spacial score (nSPS) is 18.9. The maximum Gasteiger partial charge on any atom is 0.325 e. The third-order valence-electron chi connectivity index (χ3n) is 2.28. The van der Waals surface area contributed by atoms with Crippen molar-refractivity contribution in [3.05, 3.63) is 53.0 Å². The maximum atomic E-state index is 10.9. The number of allylic oxidation sites excluding steroid dienone is 2. The van der Waals surface area contributed by atoms with Gasteiger partial charge in [-0.3, -0.25) is 4.28 Å². The summed E-state index contributed by atoms with van der Waals surface area (Å²) in [5, 5.41) is 13.2. The van der Waals surface area contributed by atoms with Crippen LogP contribution in [0.1, 0.15) is 5.56 Å². The van der Waals surface area contributed by atoms with Gasteiger partial charge in [0, 0.05) is 4.91 Å². The molecule has 0 radical (unpaired) electrons. The number of hydrogen-bond acceptors (Lipinski definition) is 6. The van der Waals surface area contributed by atoms with Crippen LogP contribution in [0.5, 0.6) is 0 Å². The highest BCUT2D eigenvalue weighted by molar-refractivity contribution is 8.18. The van der Waals surface area contributed by atoms with Crippen LogP contribution in [-0.4, -0.2) is 19.7 Å². The Labute approximate surface area is 121 Å². The van der Waals surface area contributed by atoms with E-state index in [1.165, 1.54) is 11.8 Å². The molecule has 1 aliphatic heterocycles. The van der Waals surface area contributed by atoms with E-state index in [-0.39, 0.29) is 0 Å². The second-order valence-electron chi connectivity index (χ2n) is 3.86. The summed E-state index contributed by atoms with van der Waals surface area (Å²) in [6, 6.07) is 11.4. The zero-order valence-electron chi connectivity index (χ0n) is 10.5. The summed E-state index contributed by atoms with van der Waals surface area (Å²) in [6.45, 7) is 0. The lowest BCUT2D eigenvalue weighted by molar-refractivity contribution is 0.345. The van der Waals surface area contributed by atoms with E-state index in [9.17, 15) is 13.7 Å². The van der Waals surface area contributed by atoms with Crippen LogP contribution in [0.3, 0.4) is 0 Å². The van der Waals surface area contributed by atoms with Crippen molar-refractivity contribution < 1.29 is 12.7 Å². The van der Waals surface area contributed by atoms with Crippen LogP contribution in [-0.2, 0) is 14.4 Å². The summed E-state index contributed by atoms with van der Waals surface area (Å²) in [5.74, 6) is 0. The fourth-order valence-corrected chi connectivity index (χ4v) is 2.58. The number of rotatable bonds is 3. The quantitative estimate of drug-likeness (QED) is 0.633. The van der Waals surface area contributed by atoms with Gasteiger partial charge in [-0.15, -0.1) is 0 Å². The molecule has 1 aliphatic rings. The third kappa shape index (κ3) is 3.73. The van der Waals surface area contributed by atoms with E-state index in [1.807, 2.05) is 30.3 Å². The molecule has 0 atom stereocenters. The molecular formula is C13H10N2O3S2. The number of hydrogen-bond donors (Lipinski definition) is 0. The Kier molecular flexibility index (Phi) is 4.27. The van der Waals surface area contributed by atoms with E-state index in [1.54, 1.807) is 12.2 Å².